The van der Waals surface area contributed by atoms with Crippen molar-refractivity contribution in [1.29, 1.82) is 0 Å². The Morgan fingerprint density at radius 2 is 2.00 bits per heavy atom. The minimum absolute atomic E-state index is 0.175. The van der Waals surface area contributed by atoms with Gasteiger partial charge in [0.05, 0.1) is 13.2 Å². The summed E-state index contributed by atoms with van der Waals surface area (Å²) in [5.74, 6) is -1.50. The van der Waals surface area contributed by atoms with Crippen molar-refractivity contribution in [2.75, 3.05) is 27.4 Å². The van der Waals surface area contributed by atoms with Gasteiger partial charge in [-0.3, -0.25) is 4.79 Å². The van der Waals surface area contributed by atoms with Crippen molar-refractivity contribution in [1.82, 2.24) is 0 Å². The number of carbonyl (C=O) groups is 2. The summed E-state index contributed by atoms with van der Waals surface area (Å²) in [6.07, 6.45) is -0.278. The van der Waals surface area contributed by atoms with Crippen molar-refractivity contribution >= 4 is 11.8 Å². The van der Waals surface area contributed by atoms with Crippen LogP contribution in [0.2, 0.25) is 0 Å². The SMILES string of the molecule is CCOC(=O)C(=O)c1cccc(C(COC)OC)c1. The lowest BCUT2D eigenvalue weighted by molar-refractivity contribution is -0.137. The van der Waals surface area contributed by atoms with Gasteiger partial charge in [-0.2, -0.15) is 0 Å². The predicted octanol–water partition coefficient (Wildman–Crippen LogP) is 1.77. The maximum absolute atomic E-state index is 11.8. The minimum atomic E-state index is -0.847. The standard InChI is InChI=1S/C14H18O5/c1-4-19-14(16)13(15)11-7-5-6-10(8-11)12(18-3)9-17-2/h5-8,12H,4,9H2,1-3H3. The van der Waals surface area contributed by atoms with Gasteiger partial charge in [0.2, 0.25) is 0 Å². The van der Waals surface area contributed by atoms with Crippen LogP contribution in [0.25, 0.3) is 0 Å². The van der Waals surface area contributed by atoms with E-state index in [1.165, 1.54) is 0 Å². The van der Waals surface area contributed by atoms with Gasteiger partial charge in [-0.1, -0.05) is 18.2 Å². The first kappa shape index (κ1) is 15.3. The second-order valence-corrected chi connectivity index (χ2v) is 3.85. The van der Waals surface area contributed by atoms with Crippen LogP contribution in [0, 0.1) is 0 Å². The number of hydrogen-bond donors (Lipinski definition) is 0. The van der Waals surface area contributed by atoms with E-state index in [0.717, 1.165) is 5.56 Å². The molecule has 1 unspecified atom stereocenters. The molecule has 0 fully saturated rings. The molecule has 0 heterocycles. The van der Waals surface area contributed by atoms with E-state index in [1.807, 2.05) is 6.07 Å². The van der Waals surface area contributed by atoms with Gasteiger partial charge in [0.25, 0.3) is 5.78 Å². The van der Waals surface area contributed by atoms with Gasteiger partial charge in [0, 0.05) is 19.8 Å². The summed E-state index contributed by atoms with van der Waals surface area (Å²) in [4.78, 5) is 23.2. The molecule has 5 nitrogen and oxygen atoms in total. The Morgan fingerprint density at radius 3 is 2.58 bits per heavy atom. The van der Waals surface area contributed by atoms with Crippen molar-refractivity contribution in [3.63, 3.8) is 0 Å². The van der Waals surface area contributed by atoms with E-state index in [0.29, 0.717) is 6.61 Å². The Kier molecular flexibility index (Phi) is 6.18. The second-order valence-electron chi connectivity index (χ2n) is 3.85. The van der Waals surface area contributed by atoms with Crippen LogP contribution in [0.15, 0.2) is 24.3 Å². The highest BCUT2D eigenvalue weighted by Gasteiger charge is 2.19. The fourth-order valence-corrected chi connectivity index (χ4v) is 1.65. The largest absolute Gasteiger partial charge is 0.460 e. The lowest BCUT2D eigenvalue weighted by atomic mass is 10.0. The van der Waals surface area contributed by atoms with Crippen LogP contribution in [0.1, 0.15) is 28.9 Å². The van der Waals surface area contributed by atoms with Crippen molar-refractivity contribution < 1.29 is 23.8 Å². The Hall–Kier alpha value is -1.72. The third-order valence-corrected chi connectivity index (χ3v) is 2.58. The Labute approximate surface area is 112 Å². The summed E-state index contributed by atoms with van der Waals surface area (Å²) < 4.78 is 15.0. The quantitative estimate of drug-likeness (QED) is 0.427. The molecule has 0 saturated heterocycles. The summed E-state index contributed by atoms with van der Waals surface area (Å²) in [6.45, 7) is 2.20. The zero-order valence-electron chi connectivity index (χ0n) is 11.3. The molecule has 0 radical (unpaired) electrons. The monoisotopic (exact) mass is 266 g/mol. The van der Waals surface area contributed by atoms with Gasteiger partial charge in [0.1, 0.15) is 6.10 Å². The fourth-order valence-electron chi connectivity index (χ4n) is 1.65. The predicted molar refractivity (Wildman–Crippen MR) is 69.0 cm³/mol. The minimum Gasteiger partial charge on any atom is -0.460 e. The van der Waals surface area contributed by atoms with Gasteiger partial charge >= 0.3 is 5.97 Å². The van der Waals surface area contributed by atoms with Crippen LogP contribution in [-0.2, 0) is 19.0 Å². The third kappa shape index (κ3) is 4.15. The molecule has 0 spiro atoms. The Balaban J connectivity index is 2.93. The lowest BCUT2D eigenvalue weighted by Gasteiger charge is -2.15. The normalized spacial score (nSPS) is 11.9. The van der Waals surface area contributed by atoms with Crippen LogP contribution in [0.5, 0.6) is 0 Å². The number of Topliss-reactive ketones (excluding diaryl/α,β-unsaturated/α-hetero) is 1. The van der Waals surface area contributed by atoms with Crippen molar-refractivity contribution in [2.45, 2.75) is 13.0 Å². The van der Waals surface area contributed by atoms with Crippen molar-refractivity contribution in [2.24, 2.45) is 0 Å². The van der Waals surface area contributed by atoms with Gasteiger partial charge in [-0.25, -0.2) is 4.79 Å². The van der Waals surface area contributed by atoms with Gasteiger partial charge in [-0.05, 0) is 18.6 Å². The highest BCUT2D eigenvalue weighted by Crippen LogP contribution is 2.18. The first-order chi connectivity index (χ1) is 9.13. The Bertz CT molecular complexity index is 441. The zero-order chi connectivity index (χ0) is 14.3. The molecule has 1 aromatic rings. The van der Waals surface area contributed by atoms with E-state index in [9.17, 15) is 9.59 Å². The molecule has 0 bridgehead atoms. The number of methoxy groups -OCH3 is 2. The summed E-state index contributed by atoms with van der Waals surface area (Å²) in [6, 6.07) is 6.70. The van der Waals surface area contributed by atoms with Gasteiger partial charge in [-0.15, -0.1) is 0 Å². The van der Waals surface area contributed by atoms with Gasteiger partial charge in [0.15, 0.2) is 0 Å². The average Bonchev–Trinajstić information content (AvgIpc) is 2.44. The maximum atomic E-state index is 11.8. The molecule has 0 aliphatic heterocycles. The third-order valence-electron chi connectivity index (χ3n) is 2.58. The average molecular weight is 266 g/mol. The molecule has 0 saturated carbocycles. The summed E-state index contributed by atoms with van der Waals surface area (Å²) in [5.41, 5.74) is 1.06. The van der Waals surface area contributed by atoms with Gasteiger partial charge < -0.3 is 14.2 Å². The number of benzene rings is 1. The molecule has 1 atom stereocenters. The molecule has 19 heavy (non-hydrogen) atoms. The molecule has 0 aliphatic rings. The molecule has 5 heteroatoms. The Morgan fingerprint density at radius 1 is 1.26 bits per heavy atom. The zero-order valence-corrected chi connectivity index (χ0v) is 11.3. The number of ether oxygens (including phenoxy) is 3. The second kappa shape index (κ2) is 7.66. The smallest absolute Gasteiger partial charge is 0.379 e. The highest BCUT2D eigenvalue weighted by atomic mass is 16.5. The first-order valence-electron chi connectivity index (χ1n) is 5.97. The summed E-state index contributed by atoms with van der Waals surface area (Å²) in [5, 5.41) is 0. The summed E-state index contributed by atoms with van der Waals surface area (Å²) >= 11 is 0. The van der Waals surface area contributed by atoms with E-state index in [4.69, 9.17) is 9.47 Å². The topological polar surface area (TPSA) is 61.8 Å². The van der Waals surface area contributed by atoms with Crippen molar-refractivity contribution in [3.8, 4) is 0 Å². The fraction of sp³-hybridized carbons (Fsp3) is 0.429. The van der Waals surface area contributed by atoms with E-state index >= 15 is 0 Å². The van der Waals surface area contributed by atoms with E-state index in [-0.39, 0.29) is 18.3 Å². The number of ketones is 1. The summed E-state index contributed by atoms with van der Waals surface area (Å²) in [7, 11) is 3.13. The van der Waals surface area contributed by atoms with E-state index in [1.54, 1.807) is 39.3 Å². The van der Waals surface area contributed by atoms with Crippen molar-refractivity contribution in [3.05, 3.63) is 35.4 Å². The maximum Gasteiger partial charge on any atom is 0.379 e. The number of carbonyl (C=O) groups excluding carboxylic acids is 2. The molecule has 1 rings (SSSR count). The molecule has 104 valence electrons. The molecule has 0 aromatic heterocycles. The lowest BCUT2D eigenvalue weighted by Crippen LogP contribution is -2.18. The number of rotatable bonds is 7. The van der Waals surface area contributed by atoms with Crippen LogP contribution in [-0.4, -0.2) is 39.2 Å². The molecule has 0 aliphatic carbocycles. The van der Waals surface area contributed by atoms with Crippen LogP contribution < -0.4 is 0 Å². The van der Waals surface area contributed by atoms with Crippen LogP contribution in [0.4, 0.5) is 0 Å². The first-order valence-corrected chi connectivity index (χ1v) is 5.97. The highest BCUT2D eigenvalue weighted by molar-refractivity contribution is 6.40. The van der Waals surface area contributed by atoms with Crippen LogP contribution in [0.3, 0.4) is 0 Å². The molecule has 1 aromatic carbocycles. The van der Waals surface area contributed by atoms with E-state index in [2.05, 4.69) is 4.74 Å². The molecular formula is C14H18O5. The molecule has 0 amide bonds. The molecular weight excluding hydrogens is 248 g/mol. The number of hydrogen-bond acceptors (Lipinski definition) is 5. The van der Waals surface area contributed by atoms with E-state index < -0.39 is 11.8 Å². The number of esters is 1. The molecule has 0 N–H and O–H groups in total. The van der Waals surface area contributed by atoms with Crippen LogP contribution >= 0.6 is 0 Å².